The van der Waals surface area contributed by atoms with Crippen molar-refractivity contribution in [2.45, 2.75) is 77.6 Å². The van der Waals surface area contributed by atoms with Gasteiger partial charge in [-0.1, -0.05) is 65.7 Å². The number of aliphatic hydroxyl groups is 1. The molecule has 1 nitrogen and oxygen atoms in total. The van der Waals surface area contributed by atoms with Gasteiger partial charge in [-0.3, -0.25) is 0 Å². The number of hydrogen-bond acceptors (Lipinski definition) is 1. The summed E-state index contributed by atoms with van der Waals surface area (Å²) in [5, 5.41) is 9.41. The molecule has 0 heterocycles. The summed E-state index contributed by atoms with van der Waals surface area (Å²) in [6.45, 7) is 11.9. The van der Waals surface area contributed by atoms with E-state index in [1.807, 2.05) is 0 Å². The Labute approximate surface area is 130 Å². The molecule has 0 radical (unpaired) electrons. The van der Waals surface area contributed by atoms with E-state index in [1.54, 1.807) is 0 Å². The zero-order valence-corrected chi connectivity index (χ0v) is 14.5. The van der Waals surface area contributed by atoms with Crippen molar-refractivity contribution < 1.29 is 5.11 Å². The summed E-state index contributed by atoms with van der Waals surface area (Å²) >= 11 is 0. The Morgan fingerprint density at radius 3 is 2.52 bits per heavy atom. The van der Waals surface area contributed by atoms with Gasteiger partial charge in [-0.25, -0.2) is 0 Å². The predicted molar refractivity (Wildman–Crippen MR) is 90.9 cm³/mol. The second kappa shape index (κ2) is 6.12. The average Bonchev–Trinajstić information content (AvgIpc) is 3.17. The first-order valence-corrected chi connectivity index (χ1v) is 8.63. The Kier molecular flexibility index (Phi) is 4.82. The number of hydrogen-bond donors (Lipinski definition) is 1. The minimum atomic E-state index is 0.213. The Morgan fingerprint density at radius 1 is 1.29 bits per heavy atom. The van der Waals surface area contributed by atoms with E-state index < -0.39 is 0 Å². The van der Waals surface area contributed by atoms with Crippen LogP contribution >= 0.6 is 0 Å². The number of unbranched alkanes of at least 4 members (excludes halogenated alkanes) is 1. The van der Waals surface area contributed by atoms with Gasteiger partial charge in [0.15, 0.2) is 0 Å². The number of benzene rings is 1. The molecule has 1 aliphatic rings. The largest absolute Gasteiger partial charge is 0.396 e. The van der Waals surface area contributed by atoms with Gasteiger partial charge in [0.25, 0.3) is 0 Å². The van der Waals surface area contributed by atoms with Crippen LogP contribution in [0.3, 0.4) is 0 Å². The van der Waals surface area contributed by atoms with Gasteiger partial charge in [-0.15, -0.1) is 0 Å². The molecule has 1 aliphatic carbocycles. The van der Waals surface area contributed by atoms with E-state index in [1.165, 1.54) is 36.0 Å². The molecule has 2 atom stereocenters. The molecule has 1 aromatic rings. The number of aliphatic hydroxyl groups excluding tert-OH is 1. The van der Waals surface area contributed by atoms with Crippen LogP contribution in [0.5, 0.6) is 0 Å². The Balaban J connectivity index is 2.29. The smallest absolute Gasteiger partial charge is 0.0468 e. The lowest BCUT2D eigenvalue weighted by molar-refractivity contribution is 0.265. The predicted octanol–water partition coefficient (Wildman–Crippen LogP) is 4.99. The van der Waals surface area contributed by atoms with Crippen LogP contribution in [-0.2, 0) is 17.3 Å². The highest BCUT2D eigenvalue weighted by atomic mass is 16.3. The van der Waals surface area contributed by atoms with Crippen LogP contribution in [0.2, 0.25) is 0 Å². The standard InChI is InChI=1S/C20H32O/c1-6-8-11-19(3,4)18-10-9-16(12-15(18)7-2)20(5)13-17(20)14-21/h9-10,12,17,21H,6-8,11,13-14H2,1-5H3. The van der Waals surface area contributed by atoms with Gasteiger partial charge in [0.2, 0.25) is 0 Å². The summed E-state index contributed by atoms with van der Waals surface area (Å²) in [6.07, 6.45) is 6.04. The van der Waals surface area contributed by atoms with Crippen molar-refractivity contribution in [2.24, 2.45) is 5.92 Å². The molecule has 1 heteroatoms. The molecule has 2 rings (SSSR count). The second-order valence-corrected chi connectivity index (χ2v) is 7.71. The highest BCUT2D eigenvalue weighted by Crippen LogP contribution is 2.54. The summed E-state index contributed by atoms with van der Waals surface area (Å²) in [5.74, 6) is 0.459. The molecule has 0 aromatic heterocycles. The van der Waals surface area contributed by atoms with E-state index >= 15 is 0 Å². The molecule has 0 amide bonds. The molecule has 1 fully saturated rings. The summed E-state index contributed by atoms with van der Waals surface area (Å²) in [4.78, 5) is 0. The fourth-order valence-corrected chi connectivity index (χ4v) is 3.73. The van der Waals surface area contributed by atoms with Crippen LogP contribution in [0.15, 0.2) is 18.2 Å². The molecule has 0 saturated heterocycles. The van der Waals surface area contributed by atoms with E-state index in [2.05, 4.69) is 52.8 Å². The van der Waals surface area contributed by atoms with Gasteiger partial charge < -0.3 is 5.11 Å². The third-order valence-electron chi connectivity index (χ3n) is 5.66. The lowest BCUT2D eigenvalue weighted by Crippen LogP contribution is -2.20. The minimum absolute atomic E-state index is 0.213. The van der Waals surface area contributed by atoms with E-state index in [0.717, 1.165) is 12.8 Å². The van der Waals surface area contributed by atoms with Gasteiger partial charge in [-0.2, -0.15) is 0 Å². The van der Waals surface area contributed by atoms with Crippen molar-refractivity contribution in [2.75, 3.05) is 6.61 Å². The van der Waals surface area contributed by atoms with Crippen molar-refractivity contribution in [3.05, 3.63) is 34.9 Å². The first-order valence-electron chi connectivity index (χ1n) is 8.63. The molecule has 118 valence electrons. The third-order valence-corrected chi connectivity index (χ3v) is 5.66. The van der Waals surface area contributed by atoms with Crippen LogP contribution in [0.4, 0.5) is 0 Å². The van der Waals surface area contributed by atoms with Crippen molar-refractivity contribution in [1.29, 1.82) is 0 Å². The zero-order chi connectivity index (χ0) is 15.7. The molecule has 21 heavy (non-hydrogen) atoms. The van der Waals surface area contributed by atoms with Gasteiger partial charge in [0.1, 0.15) is 0 Å². The summed E-state index contributed by atoms with van der Waals surface area (Å²) in [6, 6.07) is 7.10. The summed E-state index contributed by atoms with van der Waals surface area (Å²) in [5.41, 5.74) is 4.92. The normalized spacial score (nSPS) is 25.1. The Bertz CT molecular complexity index is 489. The lowest BCUT2D eigenvalue weighted by Gasteiger charge is -2.29. The minimum Gasteiger partial charge on any atom is -0.396 e. The van der Waals surface area contributed by atoms with E-state index in [-0.39, 0.29) is 10.8 Å². The van der Waals surface area contributed by atoms with E-state index in [9.17, 15) is 5.11 Å². The SMILES string of the molecule is CCCCC(C)(C)c1ccc(C2(C)CC2CO)cc1CC. The Hall–Kier alpha value is -0.820. The summed E-state index contributed by atoms with van der Waals surface area (Å²) in [7, 11) is 0. The summed E-state index contributed by atoms with van der Waals surface area (Å²) < 4.78 is 0. The van der Waals surface area contributed by atoms with E-state index in [4.69, 9.17) is 0 Å². The maximum atomic E-state index is 9.41. The monoisotopic (exact) mass is 288 g/mol. The Morgan fingerprint density at radius 2 is 2.00 bits per heavy atom. The number of rotatable bonds is 7. The zero-order valence-electron chi connectivity index (χ0n) is 14.5. The van der Waals surface area contributed by atoms with Crippen LogP contribution in [0.1, 0.15) is 77.0 Å². The molecular weight excluding hydrogens is 256 g/mol. The van der Waals surface area contributed by atoms with Crippen LogP contribution in [-0.4, -0.2) is 11.7 Å². The highest BCUT2D eigenvalue weighted by Gasteiger charge is 2.50. The topological polar surface area (TPSA) is 20.2 Å². The molecule has 1 N–H and O–H groups in total. The van der Waals surface area contributed by atoms with Crippen molar-refractivity contribution in [3.63, 3.8) is 0 Å². The van der Waals surface area contributed by atoms with Gasteiger partial charge in [0, 0.05) is 6.61 Å². The van der Waals surface area contributed by atoms with E-state index in [0.29, 0.717) is 12.5 Å². The fourth-order valence-electron chi connectivity index (χ4n) is 3.73. The van der Waals surface area contributed by atoms with Gasteiger partial charge in [-0.05, 0) is 52.7 Å². The first-order chi connectivity index (χ1) is 9.89. The quantitative estimate of drug-likeness (QED) is 0.749. The fraction of sp³-hybridized carbons (Fsp3) is 0.700. The van der Waals surface area contributed by atoms with Crippen LogP contribution in [0.25, 0.3) is 0 Å². The second-order valence-electron chi connectivity index (χ2n) is 7.71. The van der Waals surface area contributed by atoms with Gasteiger partial charge in [0.05, 0.1) is 0 Å². The molecule has 1 aromatic carbocycles. The molecule has 0 spiro atoms. The third kappa shape index (κ3) is 3.18. The molecule has 2 unspecified atom stereocenters. The maximum Gasteiger partial charge on any atom is 0.0468 e. The van der Waals surface area contributed by atoms with Crippen LogP contribution < -0.4 is 0 Å². The molecule has 1 saturated carbocycles. The van der Waals surface area contributed by atoms with Crippen molar-refractivity contribution >= 4 is 0 Å². The lowest BCUT2D eigenvalue weighted by atomic mass is 9.76. The highest BCUT2D eigenvalue weighted by molar-refractivity contribution is 5.42. The van der Waals surface area contributed by atoms with Crippen molar-refractivity contribution in [1.82, 2.24) is 0 Å². The van der Waals surface area contributed by atoms with Crippen molar-refractivity contribution in [3.8, 4) is 0 Å². The number of aryl methyl sites for hydroxylation is 1. The molecule has 0 bridgehead atoms. The van der Waals surface area contributed by atoms with Crippen LogP contribution in [0, 0.1) is 5.92 Å². The molecular formula is C20H32O. The maximum absolute atomic E-state index is 9.41. The average molecular weight is 288 g/mol. The van der Waals surface area contributed by atoms with Gasteiger partial charge >= 0.3 is 0 Å². The first kappa shape index (κ1) is 16.5. The molecule has 0 aliphatic heterocycles.